The number of carbonyl (C=O) groups is 1. The van der Waals surface area contributed by atoms with E-state index in [9.17, 15) is 4.79 Å². The zero-order chi connectivity index (χ0) is 14.1. The average Bonchev–Trinajstić information content (AvgIpc) is 3.04. The van der Waals surface area contributed by atoms with Gasteiger partial charge >= 0.3 is 0 Å². The molecule has 0 unspecified atom stereocenters. The lowest BCUT2D eigenvalue weighted by atomic mass is 10.1. The fourth-order valence-corrected chi connectivity index (χ4v) is 2.89. The summed E-state index contributed by atoms with van der Waals surface area (Å²) in [5.41, 5.74) is 1.73. The molecule has 0 bridgehead atoms. The second kappa shape index (κ2) is 5.33. The molecule has 0 aliphatic carbocycles. The van der Waals surface area contributed by atoms with Gasteiger partial charge in [0.15, 0.2) is 5.78 Å². The predicted molar refractivity (Wildman–Crippen MR) is 82.2 cm³/mol. The fourth-order valence-electron chi connectivity index (χ4n) is 2.71. The third-order valence-electron chi connectivity index (χ3n) is 3.79. The number of aromatic nitrogens is 1. The second-order valence-corrected chi connectivity index (χ2v) is 5.67. The van der Waals surface area contributed by atoms with Crippen LogP contribution < -0.4 is 0 Å². The largest absolute Gasteiger partial charge is 0.377 e. The minimum atomic E-state index is 0.0322. The van der Waals surface area contributed by atoms with E-state index in [1.807, 2.05) is 42.2 Å². The molecule has 0 N–H and O–H groups in total. The second-order valence-electron chi connectivity index (χ2n) is 5.24. The van der Waals surface area contributed by atoms with Crippen LogP contribution in [0.25, 0.3) is 10.9 Å². The molecule has 4 heteroatoms. The van der Waals surface area contributed by atoms with Crippen LogP contribution in [-0.2, 0) is 7.05 Å². The molecule has 0 saturated carbocycles. The van der Waals surface area contributed by atoms with Crippen molar-refractivity contribution in [1.82, 2.24) is 9.47 Å². The van der Waals surface area contributed by atoms with Crippen molar-refractivity contribution in [3.8, 4) is 0 Å². The standard InChI is InChI=1S/C16H17ClN2O/c1-18-11-14(13-10-12(17)4-5-15(13)18)16(20)6-9-19-7-2-3-8-19/h4-6,9-11H,2-3,7-8H2,1H3/b9-6+. The number of hydrogen-bond acceptors (Lipinski definition) is 2. The van der Waals surface area contributed by atoms with E-state index in [-0.39, 0.29) is 5.78 Å². The number of hydrogen-bond donors (Lipinski definition) is 0. The number of allylic oxidation sites excluding steroid dienone is 1. The Kier molecular flexibility index (Phi) is 3.53. The summed E-state index contributed by atoms with van der Waals surface area (Å²) in [6, 6.07) is 5.64. The summed E-state index contributed by atoms with van der Waals surface area (Å²) in [7, 11) is 1.94. The molecule has 3 rings (SSSR count). The van der Waals surface area contributed by atoms with Gasteiger partial charge in [-0.05, 0) is 31.0 Å². The number of likely N-dealkylation sites (tertiary alicyclic amines) is 1. The maximum Gasteiger partial charge on any atom is 0.189 e. The van der Waals surface area contributed by atoms with Crippen molar-refractivity contribution in [2.75, 3.05) is 13.1 Å². The first-order valence-corrected chi connectivity index (χ1v) is 7.24. The number of benzene rings is 1. The smallest absolute Gasteiger partial charge is 0.189 e. The van der Waals surface area contributed by atoms with E-state index in [1.165, 1.54) is 12.8 Å². The molecule has 0 atom stereocenters. The van der Waals surface area contributed by atoms with Crippen LogP contribution >= 0.6 is 11.6 Å². The first-order chi connectivity index (χ1) is 9.65. The molecule has 0 radical (unpaired) electrons. The summed E-state index contributed by atoms with van der Waals surface area (Å²) in [6.45, 7) is 2.09. The molecule has 1 saturated heterocycles. The number of nitrogens with zero attached hydrogens (tertiary/aromatic N) is 2. The summed E-state index contributed by atoms with van der Waals surface area (Å²) in [4.78, 5) is 14.6. The summed E-state index contributed by atoms with van der Waals surface area (Å²) in [6.07, 6.45) is 7.88. The van der Waals surface area contributed by atoms with Gasteiger partial charge in [0.1, 0.15) is 0 Å². The van der Waals surface area contributed by atoms with Crippen molar-refractivity contribution < 1.29 is 4.79 Å². The van der Waals surface area contributed by atoms with Crippen LogP contribution in [-0.4, -0.2) is 28.3 Å². The highest BCUT2D eigenvalue weighted by Gasteiger charge is 2.13. The van der Waals surface area contributed by atoms with Crippen LogP contribution in [0.15, 0.2) is 36.7 Å². The average molecular weight is 289 g/mol. The summed E-state index contributed by atoms with van der Waals surface area (Å²) in [5, 5.41) is 1.57. The van der Waals surface area contributed by atoms with Gasteiger partial charge in [-0.2, -0.15) is 0 Å². The first-order valence-electron chi connectivity index (χ1n) is 6.86. The van der Waals surface area contributed by atoms with Gasteiger partial charge in [-0.25, -0.2) is 0 Å². The third kappa shape index (κ3) is 2.46. The molecular weight excluding hydrogens is 272 g/mol. The summed E-state index contributed by atoms with van der Waals surface area (Å²) < 4.78 is 1.96. The first kappa shape index (κ1) is 13.3. The molecule has 1 aromatic heterocycles. The zero-order valence-corrected chi connectivity index (χ0v) is 12.2. The molecule has 0 amide bonds. The van der Waals surface area contributed by atoms with Crippen molar-refractivity contribution in [3.05, 3.63) is 47.3 Å². The molecule has 104 valence electrons. The molecular formula is C16H17ClN2O. The van der Waals surface area contributed by atoms with Gasteiger partial charge in [0.25, 0.3) is 0 Å². The van der Waals surface area contributed by atoms with E-state index in [2.05, 4.69) is 4.90 Å². The Bertz CT molecular complexity index is 681. The SMILES string of the molecule is Cn1cc(C(=O)/C=C/N2CCCC2)c2cc(Cl)ccc21. The Labute approximate surface area is 123 Å². The van der Waals surface area contributed by atoms with Gasteiger partial charge in [0.2, 0.25) is 0 Å². The van der Waals surface area contributed by atoms with Crippen molar-refractivity contribution >= 4 is 28.3 Å². The maximum absolute atomic E-state index is 12.4. The van der Waals surface area contributed by atoms with E-state index < -0.39 is 0 Å². The van der Waals surface area contributed by atoms with E-state index in [4.69, 9.17) is 11.6 Å². The monoisotopic (exact) mass is 288 g/mol. The fraction of sp³-hybridized carbons (Fsp3) is 0.312. The van der Waals surface area contributed by atoms with Crippen molar-refractivity contribution in [3.63, 3.8) is 0 Å². The molecule has 1 aliphatic heterocycles. The van der Waals surface area contributed by atoms with Crippen molar-refractivity contribution in [1.29, 1.82) is 0 Å². The van der Waals surface area contributed by atoms with Crippen molar-refractivity contribution in [2.45, 2.75) is 12.8 Å². The number of ketones is 1. The van der Waals surface area contributed by atoms with Gasteiger partial charge in [0.05, 0.1) is 0 Å². The van der Waals surface area contributed by atoms with E-state index in [1.54, 1.807) is 6.08 Å². The minimum absolute atomic E-state index is 0.0322. The lowest BCUT2D eigenvalue weighted by molar-refractivity contribution is 0.104. The van der Waals surface area contributed by atoms with Crippen LogP contribution in [0, 0.1) is 0 Å². The summed E-state index contributed by atoms with van der Waals surface area (Å²) in [5.74, 6) is 0.0322. The van der Waals surface area contributed by atoms with E-state index in [0.29, 0.717) is 10.6 Å². The third-order valence-corrected chi connectivity index (χ3v) is 4.03. The number of fused-ring (bicyclic) bond motifs is 1. The minimum Gasteiger partial charge on any atom is -0.377 e. The maximum atomic E-state index is 12.4. The topological polar surface area (TPSA) is 25.2 Å². The molecule has 2 heterocycles. The van der Waals surface area contributed by atoms with Crippen LogP contribution in [0.1, 0.15) is 23.2 Å². The van der Waals surface area contributed by atoms with Crippen LogP contribution in [0.4, 0.5) is 0 Å². The number of halogens is 1. The zero-order valence-electron chi connectivity index (χ0n) is 11.5. The Morgan fingerprint density at radius 3 is 2.80 bits per heavy atom. The molecule has 1 aromatic carbocycles. The van der Waals surface area contributed by atoms with Crippen LogP contribution in [0.2, 0.25) is 5.02 Å². The number of aryl methyl sites for hydroxylation is 1. The molecule has 1 fully saturated rings. The molecule has 1 aliphatic rings. The number of rotatable bonds is 3. The molecule has 20 heavy (non-hydrogen) atoms. The highest BCUT2D eigenvalue weighted by molar-refractivity contribution is 6.31. The van der Waals surface area contributed by atoms with Gasteiger partial charge < -0.3 is 9.47 Å². The Hall–Kier alpha value is -1.74. The normalized spacial score (nSPS) is 15.6. The van der Waals surface area contributed by atoms with E-state index >= 15 is 0 Å². The van der Waals surface area contributed by atoms with E-state index in [0.717, 1.165) is 24.0 Å². The lowest BCUT2D eigenvalue weighted by Gasteiger charge is -2.09. The predicted octanol–water partition coefficient (Wildman–Crippen LogP) is 3.62. The highest BCUT2D eigenvalue weighted by atomic mass is 35.5. The molecule has 0 spiro atoms. The van der Waals surface area contributed by atoms with Gasteiger partial charge in [-0.1, -0.05) is 11.6 Å². The molecule has 3 nitrogen and oxygen atoms in total. The van der Waals surface area contributed by atoms with Crippen LogP contribution in [0.3, 0.4) is 0 Å². The van der Waals surface area contributed by atoms with Gasteiger partial charge in [-0.3, -0.25) is 4.79 Å². The summed E-state index contributed by atoms with van der Waals surface area (Å²) >= 11 is 6.04. The molecule has 2 aromatic rings. The van der Waals surface area contributed by atoms with Crippen LogP contribution in [0.5, 0.6) is 0 Å². The Morgan fingerprint density at radius 1 is 1.30 bits per heavy atom. The quantitative estimate of drug-likeness (QED) is 0.637. The number of carbonyl (C=O) groups excluding carboxylic acids is 1. The highest BCUT2D eigenvalue weighted by Crippen LogP contribution is 2.25. The van der Waals surface area contributed by atoms with Gasteiger partial charge in [-0.15, -0.1) is 0 Å². The van der Waals surface area contributed by atoms with Gasteiger partial charge in [0, 0.05) is 60.1 Å². The Balaban J connectivity index is 1.92. The Morgan fingerprint density at radius 2 is 2.05 bits per heavy atom. The lowest BCUT2D eigenvalue weighted by Crippen LogP contribution is -2.11. The van der Waals surface area contributed by atoms with Crippen molar-refractivity contribution in [2.24, 2.45) is 7.05 Å².